The van der Waals surface area contributed by atoms with E-state index < -0.39 is 11.0 Å². The first-order valence-electron chi connectivity index (χ1n) is 4.26. The molecule has 0 bridgehead atoms. The molecule has 1 aliphatic carbocycles. The highest BCUT2D eigenvalue weighted by Crippen LogP contribution is 2.19. The van der Waals surface area contributed by atoms with Gasteiger partial charge in [-0.25, -0.2) is 8.93 Å². The second kappa shape index (κ2) is 3.57. The van der Waals surface area contributed by atoms with Gasteiger partial charge in [-0.2, -0.15) is 0 Å². The molecule has 0 aromatic heterocycles. The Bertz CT molecular complexity index is 315. The smallest absolute Gasteiger partial charge is 0.125 e. The molecule has 1 aromatic rings. The molecule has 3 N–H and O–H groups in total. The Morgan fingerprint density at radius 1 is 1.38 bits per heavy atom. The van der Waals surface area contributed by atoms with Crippen molar-refractivity contribution in [3.63, 3.8) is 0 Å². The van der Waals surface area contributed by atoms with Gasteiger partial charge in [0.05, 0.1) is 4.90 Å². The molecule has 0 saturated heterocycles. The summed E-state index contributed by atoms with van der Waals surface area (Å²) in [6.45, 7) is 0. The summed E-state index contributed by atoms with van der Waals surface area (Å²) in [5, 5.41) is 0. The average molecular weight is 196 g/mol. The van der Waals surface area contributed by atoms with E-state index in [0.717, 1.165) is 11.3 Å². The van der Waals surface area contributed by atoms with E-state index in [1.165, 1.54) is 0 Å². The molecule has 70 valence electrons. The standard InChI is InChI=1S/C9H12N2OS/c10-8-6-9(8)11-13(12)7-4-2-1-3-5-7/h1-5,8-9,11H,6,10H2. The van der Waals surface area contributed by atoms with Crippen LogP contribution in [0.25, 0.3) is 0 Å². The summed E-state index contributed by atoms with van der Waals surface area (Å²) in [4.78, 5) is 0.807. The molecular formula is C9H12N2OS. The molecule has 0 amide bonds. The largest absolute Gasteiger partial charge is 0.326 e. The van der Waals surface area contributed by atoms with Crippen molar-refractivity contribution in [2.75, 3.05) is 0 Å². The quantitative estimate of drug-likeness (QED) is 0.735. The van der Waals surface area contributed by atoms with E-state index in [1.54, 1.807) is 0 Å². The first-order chi connectivity index (χ1) is 6.27. The number of hydrogen-bond acceptors (Lipinski definition) is 2. The molecule has 0 aliphatic heterocycles. The molecule has 13 heavy (non-hydrogen) atoms. The van der Waals surface area contributed by atoms with Crippen molar-refractivity contribution < 1.29 is 4.21 Å². The number of benzene rings is 1. The van der Waals surface area contributed by atoms with Crippen molar-refractivity contribution in [2.24, 2.45) is 5.73 Å². The molecule has 3 atom stereocenters. The normalized spacial score (nSPS) is 28.4. The van der Waals surface area contributed by atoms with Crippen LogP contribution in [-0.4, -0.2) is 16.3 Å². The Labute approximate surface area is 79.9 Å². The maximum Gasteiger partial charge on any atom is 0.125 e. The van der Waals surface area contributed by atoms with Crippen LogP contribution in [0, 0.1) is 0 Å². The third-order valence-corrected chi connectivity index (χ3v) is 3.27. The summed E-state index contributed by atoms with van der Waals surface area (Å²) in [5.74, 6) is 0. The predicted molar refractivity (Wildman–Crippen MR) is 52.4 cm³/mol. The Kier molecular flexibility index (Phi) is 2.44. The Hall–Kier alpha value is -0.710. The first kappa shape index (κ1) is 8.87. The number of nitrogens with one attached hydrogen (secondary N) is 1. The monoisotopic (exact) mass is 196 g/mol. The van der Waals surface area contributed by atoms with Crippen LogP contribution in [0.15, 0.2) is 35.2 Å². The number of hydrogen-bond donors (Lipinski definition) is 2. The third kappa shape index (κ3) is 2.15. The molecule has 1 fully saturated rings. The molecule has 3 nitrogen and oxygen atoms in total. The minimum atomic E-state index is -1.10. The Balaban J connectivity index is 1.98. The van der Waals surface area contributed by atoms with Crippen molar-refractivity contribution in [2.45, 2.75) is 23.4 Å². The SMILES string of the molecule is NC1CC1NS(=O)c1ccccc1. The van der Waals surface area contributed by atoms with Gasteiger partial charge in [-0.05, 0) is 18.6 Å². The van der Waals surface area contributed by atoms with Crippen molar-refractivity contribution in [1.82, 2.24) is 4.72 Å². The zero-order chi connectivity index (χ0) is 9.26. The van der Waals surface area contributed by atoms with Crippen LogP contribution < -0.4 is 10.5 Å². The predicted octanol–water partition coefficient (Wildman–Crippen LogP) is 0.398. The summed E-state index contributed by atoms with van der Waals surface area (Å²) >= 11 is 0. The second-order valence-corrected chi connectivity index (χ2v) is 4.45. The van der Waals surface area contributed by atoms with Crippen LogP contribution >= 0.6 is 0 Å². The van der Waals surface area contributed by atoms with Crippen LogP contribution in [0.5, 0.6) is 0 Å². The first-order valence-corrected chi connectivity index (χ1v) is 5.41. The summed E-state index contributed by atoms with van der Waals surface area (Å²) in [7, 11) is -1.10. The molecule has 3 unspecified atom stereocenters. The lowest BCUT2D eigenvalue weighted by Crippen LogP contribution is -2.24. The summed E-state index contributed by atoms with van der Waals surface area (Å²) in [5.41, 5.74) is 5.60. The van der Waals surface area contributed by atoms with Gasteiger partial charge in [-0.15, -0.1) is 0 Å². The molecule has 1 saturated carbocycles. The van der Waals surface area contributed by atoms with Crippen molar-refractivity contribution in [3.8, 4) is 0 Å². The fourth-order valence-electron chi connectivity index (χ4n) is 1.10. The fraction of sp³-hybridized carbons (Fsp3) is 0.333. The van der Waals surface area contributed by atoms with Gasteiger partial charge in [0.15, 0.2) is 0 Å². The van der Waals surface area contributed by atoms with Crippen LogP contribution in [0.3, 0.4) is 0 Å². The summed E-state index contributed by atoms with van der Waals surface area (Å²) < 4.78 is 14.6. The van der Waals surface area contributed by atoms with Crippen LogP contribution in [0.1, 0.15) is 6.42 Å². The lowest BCUT2D eigenvalue weighted by Gasteiger charge is -2.01. The highest BCUT2D eigenvalue weighted by Gasteiger charge is 2.34. The van der Waals surface area contributed by atoms with Gasteiger partial charge in [-0.3, -0.25) is 0 Å². The Morgan fingerprint density at radius 2 is 2.00 bits per heavy atom. The molecule has 1 aliphatic rings. The molecule has 1 aromatic carbocycles. The maximum atomic E-state index is 11.6. The van der Waals surface area contributed by atoms with E-state index in [4.69, 9.17) is 5.73 Å². The highest BCUT2D eigenvalue weighted by atomic mass is 32.2. The average Bonchev–Trinajstić information content (AvgIpc) is 2.83. The zero-order valence-corrected chi connectivity index (χ0v) is 7.96. The molecule has 0 radical (unpaired) electrons. The molecule has 0 heterocycles. The molecule has 4 heteroatoms. The van der Waals surface area contributed by atoms with Gasteiger partial charge in [0, 0.05) is 12.1 Å². The minimum absolute atomic E-state index is 0.188. The van der Waals surface area contributed by atoms with E-state index >= 15 is 0 Å². The van der Waals surface area contributed by atoms with Crippen LogP contribution in [0.2, 0.25) is 0 Å². The van der Waals surface area contributed by atoms with E-state index in [-0.39, 0.29) is 12.1 Å². The zero-order valence-electron chi connectivity index (χ0n) is 7.14. The van der Waals surface area contributed by atoms with Gasteiger partial charge >= 0.3 is 0 Å². The fourth-order valence-corrected chi connectivity index (χ4v) is 2.19. The molecular weight excluding hydrogens is 184 g/mol. The van der Waals surface area contributed by atoms with Crippen molar-refractivity contribution >= 4 is 11.0 Å². The van der Waals surface area contributed by atoms with Gasteiger partial charge in [-0.1, -0.05) is 18.2 Å². The van der Waals surface area contributed by atoms with E-state index in [9.17, 15) is 4.21 Å². The summed E-state index contributed by atoms with van der Waals surface area (Å²) in [6, 6.07) is 9.77. The third-order valence-electron chi connectivity index (χ3n) is 2.06. The molecule has 2 rings (SSSR count). The van der Waals surface area contributed by atoms with Gasteiger partial charge in [0.25, 0.3) is 0 Å². The Morgan fingerprint density at radius 3 is 2.54 bits per heavy atom. The highest BCUT2D eigenvalue weighted by molar-refractivity contribution is 7.83. The van der Waals surface area contributed by atoms with Crippen molar-refractivity contribution in [1.29, 1.82) is 0 Å². The van der Waals surface area contributed by atoms with E-state index in [0.29, 0.717) is 0 Å². The van der Waals surface area contributed by atoms with E-state index in [1.807, 2.05) is 30.3 Å². The maximum absolute atomic E-state index is 11.6. The number of rotatable bonds is 3. The van der Waals surface area contributed by atoms with Crippen LogP contribution in [-0.2, 0) is 11.0 Å². The lowest BCUT2D eigenvalue weighted by atomic mass is 10.4. The topological polar surface area (TPSA) is 55.1 Å². The molecule has 0 spiro atoms. The van der Waals surface area contributed by atoms with Gasteiger partial charge in [0.1, 0.15) is 11.0 Å². The van der Waals surface area contributed by atoms with Gasteiger partial charge in [0.2, 0.25) is 0 Å². The summed E-state index contributed by atoms with van der Waals surface area (Å²) in [6.07, 6.45) is 0.929. The van der Waals surface area contributed by atoms with Crippen LogP contribution in [0.4, 0.5) is 0 Å². The van der Waals surface area contributed by atoms with E-state index in [2.05, 4.69) is 4.72 Å². The van der Waals surface area contributed by atoms with Crippen molar-refractivity contribution in [3.05, 3.63) is 30.3 Å². The van der Waals surface area contributed by atoms with Gasteiger partial charge < -0.3 is 5.73 Å². The number of nitrogens with two attached hydrogens (primary N) is 1. The lowest BCUT2D eigenvalue weighted by molar-refractivity contribution is 0.670. The minimum Gasteiger partial charge on any atom is -0.326 e. The second-order valence-electron chi connectivity index (χ2n) is 3.21.